The Morgan fingerprint density at radius 3 is 2.83 bits per heavy atom. The second-order valence-electron chi connectivity index (χ2n) is 5.08. The molecular weight excluding hydrogens is 257 g/mol. The molecule has 0 spiro atoms. The first kappa shape index (κ1) is 13.5. The van der Waals surface area contributed by atoms with Crippen LogP contribution in [0.15, 0.2) is 6.20 Å². The third kappa shape index (κ3) is 2.90. The van der Waals surface area contributed by atoms with Crippen LogP contribution in [-0.4, -0.2) is 27.2 Å². The number of nitrogens with zero attached hydrogens (tertiary/aromatic N) is 2. The molecule has 0 aliphatic heterocycles. The van der Waals surface area contributed by atoms with E-state index in [0.717, 1.165) is 31.9 Å². The van der Waals surface area contributed by atoms with Gasteiger partial charge in [0, 0.05) is 0 Å². The van der Waals surface area contributed by atoms with Crippen LogP contribution in [-0.2, 0) is 0 Å². The number of aliphatic hydroxyl groups excluding tert-OH is 1. The molecule has 1 fully saturated rings. The smallest absolute Gasteiger partial charge is 0.224 e. The van der Waals surface area contributed by atoms with E-state index >= 15 is 0 Å². The van der Waals surface area contributed by atoms with Gasteiger partial charge in [-0.15, -0.1) is 0 Å². The third-order valence-corrected chi connectivity index (χ3v) is 3.81. The van der Waals surface area contributed by atoms with Crippen LogP contribution in [0.25, 0.3) is 0 Å². The van der Waals surface area contributed by atoms with Gasteiger partial charge in [-0.1, -0.05) is 6.92 Å². The van der Waals surface area contributed by atoms with E-state index in [1.807, 2.05) is 0 Å². The van der Waals surface area contributed by atoms with Gasteiger partial charge >= 0.3 is 0 Å². The number of rotatable bonds is 3. The van der Waals surface area contributed by atoms with E-state index < -0.39 is 11.4 Å². The van der Waals surface area contributed by atoms with Gasteiger partial charge in [0.1, 0.15) is 0 Å². The van der Waals surface area contributed by atoms with Crippen molar-refractivity contribution in [3.05, 3.63) is 17.3 Å². The Bertz CT molecular complexity index is 422. The van der Waals surface area contributed by atoms with E-state index in [2.05, 4.69) is 22.2 Å². The molecule has 2 rings (SSSR count). The lowest BCUT2D eigenvalue weighted by Gasteiger charge is -2.39. The lowest BCUT2D eigenvalue weighted by Crippen LogP contribution is -2.45. The molecule has 0 atom stereocenters. The first-order valence-electron chi connectivity index (χ1n) is 6.12. The monoisotopic (exact) mass is 273 g/mol. The van der Waals surface area contributed by atoms with E-state index in [1.165, 1.54) is 0 Å². The molecule has 1 saturated carbocycles. The van der Waals surface area contributed by atoms with Crippen LogP contribution in [0.4, 0.5) is 10.2 Å². The molecule has 1 aromatic heterocycles. The van der Waals surface area contributed by atoms with Crippen molar-refractivity contribution in [1.29, 1.82) is 0 Å². The Morgan fingerprint density at radius 2 is 2.22 bits per heavy atom. The topological polar surface area (TPSA) is 58.0 Å². The van der Waals surface area contributed by atoms with Crippen LogP contribution < -0.4 is 5.32 Å². The summed E-state index contributed by atoms with van der Waals surface area (Å²) in [4.78, 5) is 7.41. The van der Waals surface area contributed by atoms with Gasteiger partial charge < -0.3 is 10.4 Å². The fraction of sp³-hybridized carbons (Fsp3) is 0.667. The summed E-state index contributed by atoms with van der Waals surface area (Å²) in [6.07, 6.45) is 4.65. The van der Waals surface area contributed by atoms with Crippen molar-refractivity contribution in [3.8, 4) is 0 Å². The highest BCUT2D eigenvalue weighted by molar-refractivity contribution is 6.28. The summed E-state index contributed by atoms with van der Waals surface area (Å²) in [6, 6.07) is 0. The van der Waals surface area contributed by atoms with Gasteiger partial charge in [0.2, 0.25) is 5.28 Å². The number of anilines is 1. The lowest BCUT2D eigenvalue weighted by atomic mass is 9.77. The van der Waals surface area contributed by atoms with Gasteiger partial charge in [0.15, 0.2) is 11.6 Å². The lowest BCUT2D eigenvalue weighted by molar-refractivity contribution is 0.154. The van der Waals surface area contributed by atoms with Gasteiger partial charge in [-0.2, -0.15) is 4.98 Å². The number of aliphatic hydroxyl groups is 1. The summed E-state index contributed by atoms with van der Waals surface area (Å²) in [5.41, 5.74) is -0.495. The van der Waals surface area contributed by atoms with Gasteiger partial charge in [-0.25, -0.2) is 9.37 Å². The summed E-state index contributed by atoms with van der Waals surface area (Å²) in [7, 11) is 0. The highest BCUT2D eigenvalue weighted by atomic mass is 35.5. The van der Waals surface area contributed by atoms with Gasteiger partial charge in [-0.3, -0.25) is 0 Å². The van der Waals surface area contributed by atoms with E-state index in [1.54, 1.807) is 0 Å². The van der Waals surface area contributed by atoms with Crippen LogP contribution in [0.3, 0.4) is 0 Å². The predicted octanol–water partition coefficient (Wildman–Crippen LogP) is 2.62. The normalized spacial score (nSPS) is 28.1. The first-order chi connectivity index (χ1) is 8.54. The predicted molar refractivity (Wildman–Crippen MR) is 68.1 cm³/mol. The Kier molecular flexibility index (Phi) is 4.02. The average molecular weight is 274 g/mol. The van der Waals surface area contributed by atoms with Gasteiger partial charge in [-0.05, 0) is 43.2 Å². The van der Waals surface area contributed by atoms with E-state index in [4.69, 9.17) is 11.6 Å². The van der Waals surface area contributed by atoms with Crippen molar-refractivity contribution in [2.45, 2.75) is 38.1 Å². The molecule has 0 saturated heterocycles. The summed E-state index contributed by atoms with van der Waals surface area (Å²) in [5.74, 6) is 0.162. The molecule has 0 amide bonds. The molecular formula is C12H17ClFN3O. The minimum absolute atomic E-state index is 0.00355. The largest absolute Gasteiger partial charge is 0.394 e. The molecule has 2 N–H and O–H groups in total. The van der Waals surface area contributed by atoms with Crippen molar-refractivity contribution >= 4 is 17.4 Å². The molecule has 18 heavy (non-hydrogen) atoms. The summed E-state index contributed by atoms with van der Waals surface area (Å²) in [6.45, 7) is 2.14. The van der Waals surface area contributed by atoms with Crippen LogP contribution >= 0.6 is 11.6 Å². The number of aromatic nitrogens is 2. The number of hydrogen-bond acceptors (Lipinski definition) is 4. The van der Waals surface area contributed by atoms with Crippen molar-refractivity contribution in [1.82, 2.24) is 9.97 Å². The van der Waals surface area contributed by atoms with Crippen molar-refractivity contribution < 1.29 is 9.50 Å². The molecule has 100 valence electrons. The number of hydrogen-bond donors (Lipinski definition) is 2. The second-order valence-corrected chi connectivity index (χ2v) is 5.42. The van der Waals surface area contributed by atoms with Crippen molar-refractivity contribution in [3.63, 3.8) is 0 Å². The van der Waals surface area contributed by atoms with Crippen LogP contribution in [0.2, 0.25) is 5.28 Å². The molecule has 6 heteroatoms. The fourth-order valence-corrected chi connectivity index (χ4v) is 2.46. The molecule has 1 aromatic rings. The quantitative estimate of drug-likeness (QED) is 0.831. The summed E-state index contributed by atoms with van der Waals surface area (Å²) >= 11 is 5.65. The standard InChI is InChI=1S/C12H17ClFN3O/c1-8-2-4-12(7-18,5-3-8)17-10-9(14)6-15-11(13)16-10/h6,8,18H,2-5,7H2,1H3,(H,15,16,17). The summed E-state index contributed by atoms with van der Waals surface area (Å²) in [5, 5.41) is 12.6. The van der Waals surface area contributed by atoms with Crippen molar-refractivity contribution in [2.24, 2.45) is 5.92 Å². The van der Waals surface area contributed by atoms with E-state index in [9.17, 15) is 9.50 Å². The highest BCUT2D eigenvalue weighted by Crippen LogP contribution is 2.34. The number of halogens is 2. The molecule has 0 aromatic carbocycles. The zero-order valence-corrected chi connectivity index (χ0v) is 11.0. The Balaban J connectivity index is 2.17. The highest BCUT2D eigenvalue weighted by Gasteiger charge is 2.34. The zero-order valence-electron chi connectivity index (χ0n) is 10.3. The molecule has 1 aliphatic rings. The first-order valence-corrected chi connectivity index (χ1v) is 6.49. The van der Waals surface area contributed by atoms with Gasteiger partial charge in [0.05, 0.1) is 18.3 Å². The SMILES string of the molecule is CC1CCC(CO)(Nc2nc(Cl)ncc2F)CC1. The average Bonchev–Trinajstić information content (AvgIpc) is 2.37. The van der Waals surface area contributed by atoms with Crippen LogP contribution in [0.1, 0.15) is 32.6 Å². The maximum absolute atomic E-state index is 13.6. The Labute approximate surface area is 111 Å². The van der Waals surface area contributed by atoms with Crippen LogP contribution in [0, 0.1) is 11.7 Å². The van der Waals surface area contributed by atoms with E-state index in [-0.39, 0.29) is 17.7 Å². The molecule has 4 nitrogen and oxygen atoms in total. The molecule has 0 bridgehead atoms. The van der Waals surface area contributed by atoms with E-state index in [0.29, 0.717) is 5.92 Å². The van der Waals surface area contributed by atoms with Crippen molar-refractivity contribution in [2.75, 3.05) is 11.9 Å². The maximum atomic E-state index is 13.6. The molecule has 1 heterocycles. The fourth-order valence-electron chi connectivity index (χ4n) is 2.32. The second kappa shape index (κ2) is 5.36. The Morgan fingerprint density at radius 1 is 1.56 bits per heavy atom. The molecule has 0 radical (unpaired) electrons. The van der Waals surface area contributed by atoms with Gasteiger partial charge in [0.25, 0.3) is 0 Å². The third-order valence-electron chi connectivity index (χ3n) is 3.63. The number of nitrogens with one attached hydrogen (secondary N) is 1. The maximum Gasteiger partial charge on any atom is 0.224 e. The summed E-state index contributed by atoms with van der Waals surface area (Å²) < 4.78 is 13.6. The zero-order chi connectivity index (χ0) is 13.2. The minimum atomic E-state index is -0.550. The Hall–Kier alpha value is -0.940. The molecule has 1 aliphatic carbocycles. The molecule has 0 unspecified atom stereocenters. The minimum Gasteiger partial charge on any atom is -0.394 e. The van der Waals surface area contributed by atoms with Crippen LogP contribution in [0.5, 0.6) is 0 Å².